The molecule has 1 fully saturated rings. The molecular formula is C62H122NO11P. The molecule has 0 saturated heterocycles. The lowest BCUT2D eigenvalue weighted by atomic mass is 9.85. The van der Waals surface area contributed by atoms with Crippen molar-refractivity contribution >= 4 is 13.7 Å². The smallest absolute Gasteiger partial charge is 0.387 e. The number of unbranched alkanes of at least 4 members (excludes halogenated alkanes) is 45. The Morgan fingerprint density at radius 1 is 0.440 bits per heavy atom. The van der Waals surface area contributed by atoms with E-state index < -0.39 is 63.2 Å². The van der Waals surface area contributed by atoms with Crippen molar-refractivity contribution < 1.29 is 53.9 Å². The molecule has 0 aliphatic heterocycles. The molecule has 75 heavy (non-hydrogen) atoms. The molecule has 0 aromatic carbocycles. The third kappa shape index (κ3) is 41.7. The molecule has 1 aliphatic carbocycles. The van der Waals surface area contributed by atoms with Crippen molar-refractivity contribution in [3.05, 3.63) is 12.2 Å². The summed E-state index contributed by atoms with van der Waals surface area (Å²) < 4.78 is 23.0. The van der Waals surface area contributed by atoms with Gasteiger partial charge in [0.05, 0.1) is 18.8 Å². The molecule has 0 bridgehead atoms. The van der Waals surface area contributed by atoms with E-state index in [-0.39, 0.29) is 12.3 Å². The number of nitrogens with one attached hydrogen (secondary N) is 1. The van der Waals surface area contributed by atoms with Crippen LogP contribution in [0.1, 0.15) is 322 Å². The van der Waals surface area contributed by atoms with Gasteiger partial charge in [-0.15, -0.1) is 0 Å². The van der Waals surface area contributed by atoms with Gasteiger partial charge in [0.2, 0.25) is 5.91 Å². The van der Waals surface area contributed by atoms with Crippen LogP contribution in [0.4, 0.5) is 0 Å². The molecule has 1 aliphatic rings. The minimum absolute atomic E-state index is 0.219. The van der Waals surface area contributed by atoms with Crippen LogP contribution >= 0.6 is 7.82 Å². The summed E-state index contributed by atoms with van der Waals surface area (Å²) in [6.45, 7) is 3.87. The second kappa shape index (κ2) is 51.2. The van der Waals surface area contributed by atoms with E-state index in [1.54, 1.807) is 6.08 Å². The number of phosphoric ester groups is 1. The van der Waals surface area contributed by atoms with Crippen molar-refractivity contribution in [1.82, 2.24) is 5.32 Å². The third-order valence-corrected chi connectivity index (χ3v) is 16.8. The molecule has 0 heterocycles. The zero-order valence-corrected chi connectivity index (χ0v) is 49.5. The summed E-state index contributed by atoms with van der Waals surface area (Å²) in [5.74, 6) is -0.334. The standard InChI is InChI=1S/C62H122NO11P/c1-3-5-7-9-11-13-15-17-18-19-20-21-22-23-24-25-26-27-28-29-30-31-32-33-34-35-36-37-38-39-40-42-44-46-48-50-52-56(65)63-54(55(64)51-49-47-45-43-41-16-14-12-10-8-6-4-2)53-73-75(71,72)74-62-60(69)58(67)57(66)59(68)61(62)70/h49,51,54-55,57-62,64,66-70H,3-48,50,52-53H2,1-2H3,(H,63,65)(H,71,72)/b51-49+/t54-,55+,57?,58+,59?,60?,61?,62?/m0/s1. The molecule has 1 saturated carbocycles. The number of amides is 1. The van der Waals surface area contributed by atoms with Crippen LogP contribution in [0.2, 0.25) is 0 Å². The number of phosphoric acid groups is 1. The maximum Gasteiger partial charge on any atom is 0.472 e. The van der Waals surface area contributed by atoms with Gasteiger partial charge in [-0.2, -0.15) is 0 Å². The number of hydrogen-bond acceptors (Lipinski definition) is 10. The Balaban J connectivity index is 2.12. The second-order valence-electron chi connectivity index (χ2n) is 23.0. The number of aliphatic hydroxyl groups is 6. The molecule has 1 rings (SSSR count). The average molecular weight is 1090 g/mol. The number of hydrogen-bond donors (Lipinski definition) is 8. The van der Waals surface area contributed by atoms with Crippen molar-refractivity contribution in [3.8, 4) is 0 Å². The summed E-state index contributed by atoms with van der Waals surface area (Å²) in [5.41, 5.74) is 0. The summed E-state index contributed by atoms with van der Waals surface area (Å²) in [6.07, 6.45) is 52.0. The van der Waals surface area contributed by atoms with Gasteiger partial charge in [0.15, 0.2) is 0 Å². The lowest BCUT2D eigenvalue weighted by Crippen LogP contribution is -2.64. The van der Waals surface area contributed by atoms with Crippen molar-refractivity contribution in [1.29, 1.82) is 0 Å². The van der Waals surface area contributed by atoms with Gasteiger partial charge >= 0.3 is 7.82 Å². The Hall–Kier alpha value is -0.920. The Morgan fingerprint density at radius 3 is 1.01 bits per heavy atom. The molecule has 1 amide bonds. The molecule has 0 radical (unpaired) electrons. The molecule has 8 N–H and O–H groups in total. The Morgan fingerprint density at radius 2 is 0.707 bits per heavy atom. The highest BCUT2D eigenvalue weighted by Crippen LogP contribution is 2.47. The SMILES string of the molecule is CCCCCCCCCCCC/C=C/[C@@H](O)[C@H](COP(=O)(O)OC1C(O)C(O)C(O)[C@@H](O)C1O)NC(=O)CCCCCCCCCCCCCCCCCCCCCCCCCCCCCCCCCCCCCC. The Kier molecular flexibility index (Phi) is 49.3. The highest BCUT2D eigenvalue weighted by atomic mass is 31.2. The van der Waals surface area contributed by atoms with Crippen LogP contribution in [0, 0.1) is 0 Å². The van der Waals surface area contributed by atoms with Crippen LogP contribution in [0.5, 0.6) is 0 Å². The van der Waals surface area contributed by atoms with E-state index in [9.17, 15) is 44.9 Å². The van der Waals surface area contributed by atoms with E-state index in [2.05, 4.69) is 19.2 Å². The molecule has 13 heteroatoms. The van der Waals surface area contributed by atoms with Gasteiger partial charge in [-0.05, 0) is 19.3 Å². The van der Waals surface area contributed by atoms with Crippen LogP contribution in [0.3, 0.4) is 0 Å². The summed E-state index contributed by atoms with van der Waals surface area (Å²) in [7, 11) is -5.08. The number of aliphatic hydroxyl groups excluding tert-OH is 6. The Labute approximate surface area is 460 Å². The highest BCUT2D eigenvalue weighted by Gasteiger charge is 2.51. The maximum atomic E-state index is 13.0. The van der Waals surface area contributed by atoms with Crippen molar-refractivity contribution in [3.63, 3.8) is 0 Å². The van der Waals surface area contributed by atoms with E-state index in [0.717, 1.165) is 44.9 Å². The van der Waals surface area contributed by atoms with Crippen molar-refractivity contribution in [2.75, 3.05) is 6.61 Å². The third-order valence-electron chi connectivity index (χ3n) is 15.8. The lowest BCUT2D eigenvalue weighted by molar-refractivity contribution is -0.220. The highest BCUT2D eigenvalue weighted by molar-refractivity contribution is 7.47. The van der Waals surface area contributed by atoms with Crippen LogP contribution in [-0.2, 0) is 18.4 Å². The predicted octanol–water partition coefficient (Wildman–Crippen LogP) is 15.5. The predicted molar refractivity (Wildman–Crippen MR) is 311 cm³/mol. The lowest BCUT2D eigenvalue weighted by Gasteiger charge is -2.41. The molecule has 0 spiro atoms. The van der Waals surface area contributed by atoms with Gasteiger partial charge in [-0.25, -0.2) is 4.57 Å². The number of rotatable bonds is 56. The van der Waals surface area contributed by atoms with Gasteiger partial charge in [0, 0.05) is 6.42 Å². The van der Waals surface area contributed by atoms with Crippen LogP contribution in [0.15, 0.2) is 12.2 Å². The average Bonchev–Trinajstić information content (AvgIpc) is 3.40. The van der Waals surface area contributed by atoms with E-state index >= 15 is 0 Å². The molecule has 0 aromatic heterocycles. The van der Waals surface area contributed by atoms with Gasteiger partial charge in [0.25, 0.3) is 0 Å². The second-order valence-corrected chi connectivity index (χ2v) is 24.4. The first kappa shape index (κ1) is 72.1. The van der Waals surface area contributed by atoms with Crippen LogP contribution in [0.25, 0.3) is 0 Å². The Bertz CT molecular complexity index is 1310. The van der Waals surface area contributed by atoms with E-state index in [0.29, 0.717) is 6.42 Å². The fraction of sp³-hybridized carbons (Fsp3) is 0.952. The van der Waals surface area contributed by atoms with Crippen molar-refractivity contribution in [2.45, 2.75) is 371 Å². The zero-order valence-electron chi connectivity index (χ0n) is 48.6. The summed E-state index contributed by atoms with van der Waals surface area (Å²) in [6, 6.07) is -1.11. The quantitative estimate of drug-likeness (QED) is 0.0163. The van der Waals surface area contributed by atoms with Gasteiger partial charge in [-0.1, -0.05) is 309 Å². The topological polar surface area (TPSA) is 206 Å². The normalized spacial score (nSPS) is 20.7. The van der Waals surface area contributed by atoms with Gasteiger partial charge in [-0.3, -0.25) is 13.8 Å². The van der Waals surface area contributed by atoms with Gasteiger partial charge < -0.3 is 40.8 Å². The first-order chi connectivity index (χ1) is 36.4. The zero-order chi connectivity index (χ0) is 54.9. The molecule has 446 valence electrons. The monoisotopic (exact) mass is 1090 g/mol. The van der Waals surface area contributed by atoms with Crippen LogP contribution in [-0.4, -0.2) is 96.8 Å². The van der Waals surface area contributed by atoms with E-state index in [1.165, 1.54) is 250 Å². The van der Waals surface area contributed by atoms with E-state index in [1.807, 2.05) is 6.08 Å². The summed E-state index contributed by atoms with van der Waals surface area (Å²) in [5, 5.41) is 64.3. The van der Waals surface area contributed by atoms with Crippen molar-refractivity contribution in [2.24, 2.45) is 0 Å². The summed E-state index contributed by atoms with van der Waals surface area (Å²) >= 11 is 0. The first-order valence-electron chi connectivity index (χ1n) is 32.1. The van der Waals surface area contributed by atoms with Gasteiger partial charge in [0.1, 0.15) is 36.6 Å². The molecule has 12 nitrogen and oxygen atoms in total. The van der Waals surface area contributed by atoms with Crippen LogP contribution < -0.4 is 5.32 Å². The molecule has 6 unspecified atom stereocenters. The fourth-order valence-corrected chi connectivity index (χ4v) is 11.6. The minimum atomic E-state index is -5.08. The largest absolute Gasteiger partial charge is 0.472 e. The molecule has 9 atom stereocenters. The maximum absolute atomic E-state index is 13.0. The fourth-order valence-electron chi connectivity index (χ4n) is 10.7. The molecular weight excluding hydrogens is 966 g/mol. The first-order valence-corrected chi connectivity index (χ1v) is 33.6. The minimum Gasteiger partial charge on any atom is -0.387 e. The number of carbonyl (C=O) groups is 1. The number of allylic oxidation sites excluding steroid dienone is 1. The molecule has 0 aromatic rings. The number of carbonyl (C=O) groups excluding carboxylic acids is 1. The van der Waals surface area contributed by atoms with E-state index in [4.69, 9.17) is 9.05 Å². The summed E-state index contributed by atoms with van der Waals surface area (Å²) in [4.78, 5) is 23.5.